The van der Waals surface area contributed by atoms with Crippen LogP contribution >= 0.6 is 22.9 Å². The molecule has 3 aromatic rings. The summed E-state index contributed by atoms with van der Waals surface area (Å²) in [6, 6.07) is 8.44. The minimum absolute atomic E-state index is 0.0883. The number of likely N-dealkylation sites (N-methyl/N-ethyl adjacent to an activating group) is 1. The van der Waals surface area contributed by atoms with E-state index in [1.165, 1.54) is 17.4 Å². The van der Waals surface area contributed by atoms with Gasteiger partial charge in [0.1, 0.15) is 5.69 Å². The van der Waals surface area contributed by atoms with Crippen LogP contribution in [0.25, 0.3) is 10.2 Å². The van der Waals surface area contributed by atoms with Crippen molar-refractivity contribution in [2.45, 2.75) is 20.8 Å². The second-order valence-corrected chi connectivity index (χ2v) is 9.97. The Balaban J connectivity index is 1.73. The fourth-order valence-corrected chi connectivity index (χ4v) is 5.64. The maximum Gasteiger partial charge on any atom is 0.293 e. The Bertz CT molecular complexity index is 1220. The number of hydrogen-bond acceptors (Lipinski definition) is 8. The zero-order valence-electron chi connectivity index (χ0n) is 20.7. The molecule has 1 amide bonds. The number of thiazole rings is 1. The van der Waals surface area contributed by atoms with Crippen molar-refractivity contribution >= 4 is 55.6 Å². The van der Waals surface area contributed by atoms with Crippen LogP contribution in [0.1, 0.15) is 29.8 Å². The second-order valence-electron chi connectivity index (χ2n) is 8.58. The number of rotatable bonds is 9. The van der Waals surface area contributed by atoms with Crippen LogP contribution in [0.15, 0.2) is 30.3 Å². The highest BCUT2D eigenvalue weighted by atomic mass is 35.5. The van der Waals surface area contributed by atoms with Crippen LogP contribution < -0.4 is 9.80 Å². The van der Waals surface area contributed by atoms with E-state index < -0.39 is 4.92 Å². The lowest BCUT2D eigenvalue weighted by atomic mass is 10.1. The van der Waals surface area contributed by atoms with E-state index in [2.05, 4.69) is 18.7 Å². The number of nitro groups is 1. The molecule has 4 rings (SSSR count). The summed E-state index contributed by atoms with van der Waals surface area (Å²) in [5.41, 5.74) is 2.39. The van der Waals surface area contributed by atoms with Crippen LogP contribution in [0.5, 0.6) is 0 Å². The lowest BCUT2D eigenvalue weighted by molar-refractivity contribution is -0.384. The average molecular weight is 532 g/mol. The zero-order chi connectivity index (χ0) is 25.8. The standard InChI is InChI=1S/C25H30ClN5O4S/c1-4-28(5-2)10-11-30(25-27-22-17(3)6-8-19(26)23(22)36-25)24(32)18-7-9-20(21(16-18)31(33)34)29-12-14-35-15-13-29/h6-9,16H,4-5,10-15H2,1-3H3. The summed E-state index contributed by atoms with van der Waals surface area (Å²) in [6.07, 6.45) is 0. The minimum Gasteiger partial charge on any atom is -0.378 e. The summed E-state index contributed by atoms with van der Waals surface area (Å²) in [5.74, 6) is -0.327. The van der Waals surface area contributed by atoms with E-state index in [1.54, 1.807) is 17.0 Å². The quantitative estimate of drug-likeness (QED) is 0.283. The molecule has 0 saturated carbocycles. The summed E-state index contributed by atoms with van der Waals surface area (Å²) < 4.78 is 6.20. The minimum atomic E-state index is -0.428. The van der Waals surface area contributed by atoms with Crippen LogP contribution in [0.2, 0.25) is 5.02 Å². The molecule has 11 heteroatoms. The fourth-order valence-electron chi connectivity index (χ4n) is 4.30. The number of halogens is 1. The van der Waals surface area contributed by atoms with Gasteiger partial charge in [0, 0.05) is 37.8 Å². The highest BCUT2D eigenvalue weighted by molar-refractivity contribution is 7.23. The smallest absolute Gasteiger partial charge is 0.293 e. The third-order valence-corrected chi connectivity index (χ3v) is 8.01. The van der Waals surface area contributed by atoms with Gasteiger partial charge < -0.3 is 14.5 Å². The zero-order valence-corrected chi connectivity index (χ0v) is 22.3. The third kappa shape index (κ3) is 5.46. The molecular formula is C25H30ClN5O4S. The normalized spacial score (nSPS) is 14.0. The molecule has 0 aliphatic carbocycles. The number of ether oxygens (including phenoxy) is 1. The van der Waals surface area contributed by atoms with Gasteiger partial charge in [-0.2, -0.15) is 0 Å². The largest absolute Gasteiger partial charge is 0.378 e. The van der Waals surface area contributed by atoms with Gasteiger partial charge in [0.05, 0.1) is 33.4 Å². The monoisotopic (exact) mass is 531 g/mol. The van der Waals surface area contributed by atoms with Gasteiger partial charge in [-0.25, -0.2) is 4.98 Å². The molecule has 1 aromatic heterocycles. The van der Waals surface area contributed by atoms with Crippen LogP contribution in [0, 0.1) is 17.0 Å². The van der Waals surface area contributed by atoms with Crippen molar-refractivity contribution in [3.8, 4) is 0 Å². The number of carbonyl (C=O) groups is 1. The first-order valence-electron chi connectivity index (χ1n) is 12.0. The van der Waals surface area contributed by atoms with Crippen molar-refractivity contribution in [1.82, 2.24) is 9.88 Å². The lowest BCUT2D eigenvalue weighted by Crippen LogP contribution is -2.39. The maximum atomic E-state index is 13.8. The van der Waals surface area contributed by atoms with Gasteiger partial charge >= 0.3 is 0 Å². The van der Waals surface area contributed by atoms with Gasteiger partial charge in [0.25, 0.3) is 11.6 Å². The molecule has 36 heavy (non-hydrogen) atoms. The molecule has 0 unspecified atom stereocenters. The number of carbonyl (C=O) groups excluding carboxylic acids is 1. The number of benzene rings is 2. The van der Waals surface area contributed by atoms with E-state index in [0.29, 0.717) is 55.2 Å². The van der Waals surface area contributed by atoms with Crippen LogP contribution in [-0.4, -0.2) is 73.2 Å². The maximum absolute atomic E-state index is 13.8. The van der Waals surface area contributed by atoms with Crippen molar-refractivity contribution in [3.05, 3.63) is 56.6 Å². The molecule has 2 heterocycles. The van der Waals surface area contributed by atoms with Gasteiger partial charge in [-0.15, -0.1) is 0 Å². The number of hydrogen-bond donors (Lipinski definition) is 0. The average Bonchev–Trinajstić information content (AvgIpc) is 3.35. The molecule has 2 aromatic carbocycles. The van der Waals surface area contributed by atoms with Gasteiger partial charge in [0.2, 0.25) is 0 Å². The number of anilines is 2. The summed E-state index contributed by atoms with van der Waals surface area (Å²) in [4.78, 5) is 35.9. The first-order valence-corrected chi connectivity index (χ1v) is 13.2. The number of fused-ring (bicyclic) bond motifs is 1. The topological polar surface area (TPSA) is 92.0 Å². The number of nitro benzene ring substituents is 1. The van der Waals surface area contributed by atoms with Gasteiger partial charge in [-0.05, 0) is 43.8 Å². The lowest BCUT2D eigenvalue weighted by Gasteiger charge is -2.29. The van der Waals surface area contributed by atoms with Crippen molar-refractivity contribution in [2.75, 3.05) is 62.3 Å². The number of nitrogens with zero attached hydrogens (tertiary/aromatic N) is 5. The first kappa shape index (κ1) is 26.3. The molecular weight excluding hydrogens is 502 g/mol. The van der Waals surface area contributed by atoms with Crippen molar-refractivity contribution in [3.63, 3.8) is 0 Å². The van der Waals surface area contributed by atoms with E-state index in [9.17, 15) is 14.9 Å². The summed E-state index contributed by atoms with van der Waals surface area (Å²) in [5, 5.41) is 13.1. The predicted molar refractivity (Wildman–Crippen MR) is 145 cm³/mol. The fraction of sp³-hybridized carbons (Fsp3) is 0.440. The Kier molecular flexibility index (Phi) is 8.40. The molecule has 9 nitrogen and oxygen atoms in total. The van der Waals surface area contributed by atoms with Crippen molar-refractivity contribution in [1.29, 1.82) is 0 Å². The molecule has 1 saturated heterocycles. The van der Waals surface area contributed by atoms with Crippen molar-refractivity contribution in [2.24, 2.45) is 0 Å². The van der Waals surface area contributed by atoms with Gasteiger partial charge in [-0.1, -0.05) is 42.9 Å². The number of aryl methyl sites for hydroxylation is 1. The highest BCUT2D eigenvalue weighted by Gasteiger charge is 2.27. The Morgan fingerprint density at radius 1 is 1.19 bits per heavy atom. The molecule has 0 radical (unpaired) electrons. The number of morpholine rings is 1. The SMILES string of the molecule is CCN(CC)CCN(C(=O)c1ccc(N2CCOCC2)c([N+](=O)[O-])c1)c1nc2c(C)ccc(Cl)c2s1. The molecule has 0 spiro atoms. The molecule has 0 N–H and O–H groups in total. The van der Waals surface area contributed by atoms with E-state index >= 15 is 0 Å². The van der Waals surface area contributed by atoms with Gasteiger partial charge in [-0.3, -0.25) is 19.8 Å². The Hall–Kier alpha value is -2.79. The summed E-state index contributed by atoms with van der Waals surface area (Å²) in [7, 11) is 0. The van der Waals surface area contributed by atoms with Crippen LogP contribution in [0.3, 0.4) is 0 Å². The molecule has 192 valence electrons. The Labute approximate surface area is 219 Å². The predicted octanol–water partition coefficient (Wildman–Crippen LogP) is 4.99. The number of aromatic nitrogens is 1. The van der Waals surface area contributed by atoms with E-state index in [4.69, 9.17) is 21.3 Å². The van der Waals surface area contributed by atoms with Crippen molar-refractivity contribution < 1.29 is 14.5 Å². The summed E-state index contributed by atoms with van der Waals surface area (Å²) in [6.45, 7) is 11.0. The van der Waals surface area contributed by atoms with Gasteiger partial charge in [0.15, 0.2) is 5.13 Å². The Morgan fingerprint density at radius 3 is 2.56 bits per heavy atom. The highest BCUT2D eigenvalue weighted by Crippen LogP contribution is 2.37. The van der Waals surface area contributed by atoms with E-state index in [-0.39, 0.29) is 17.2 Å². The van der Waals surface area contributed by atoms with Crippen LogP contribution in [-0.2, 0) is 4.74 Å². The third-order valence-electron chi connectivity index (χ3n) is 6.47. The van der Waals surface area contributed by atoms with E-state index in [1.807, 2.05) is 24.0 Å². The number of amides is 1. The molecule has 0 bridgehead atoms. The Morgan fingerprint density at radius 2 is 1.92 bits per heavy atom. The first-order chi connectivity index (χ1) is 17.3. The molecule has 1 fully saturated rings. The second kappa shape index (κ2) is 11.5. The molecule has 1 aliphatic heterocycles. The molecule has 0 atom stereocenters. The summed E-state index contributed by atoms with van der Waals surface area (Å²) >= 11 is 7.79. The van der Waals surface area contributed by atoms with Crippen LogP contribution in [0.4, 0.5) is 16.5 Å². The molecule has 1 aliphatic rings. The van der Waals surface area contributed by atoms with E-state index in [0.717, 1.165) is 28.9 Å².